The first-order valence-corrected chi connectivity index (χ1v) is 6.43. The molecule has 21 heavy (non-hydrogen) atoms. The van der Waals surface area contributed by atoms with E-state index in [1.54, 1.807) is 4.90 Å². The first kappa shape index (κ1) is 15.4. The monoisotopic (exact) mass is 304 g/mol. The van der Waals surface area contributed by atoms with Crippen LogP contribution in [0.15, 0.2) is 24.3 Å². The van der Waals surface area contributed by atoms with Crippen LogP contribution in [0.1, 0.15) is 12.8 Å². The minimum Gasteiger partial charge on any atom is -0.406 e. The molecule has 0 aliphatic carbocycles. The lowest BCUT2D eigenvalue weighted by Crippen LogP contribution is -2.42. The zero-order valence-electron chi connectivity index (χ0n) is 11.1. The Hall–Kier alpha value is -1.96. The van der Waals surface area contributed by atoms with Gasteiger partial charge in [0.2, 0.25) is 0 Å². The van der Waals surface area contributed by atoms with Gasteiger partial charge in [-0.15, -0.1) is 13.2 Å². The van der Waals surface area contributed by atoms with Crippen molar-refractivity contribution in [3.05, 3.63) is 24.3 Å². The molecule has 1 aliphatic rings. The Balaban J connectivity index is 1.89. The van der Waals surface area contributed by atoms with E-state index in [0.29, 0.717) is 31.6 Å². The number of rotatable bonds is 2. The number of aliphatic hydroxyl groups excluding tert-OH is 1. The molecular weight excluding hydrogens is 289 g/mol. The lowest BCUT2D eigenvalue weighted by molar-refractivity contribution is -0.274. The zero-order valence-corrected chi connectivity index (χ0v) is 11.1. The maximum absolute atomic E-state index is 12.0. The number of halogens is 3. The minimum atomic E-state index is -4.74. The first-order chi connectivity index (χ1) is 9.83. The van der Waals surface area contributed by atoms with E-state index in [1.807, 2.05) is 0 Å². The van der Waals surface area contributed by atoms with Gasteiger partial charge in [0, 0.05) is 18.8 Å². The summed E-state index contributed by atoms with van der Waals surface area (Å²) in [7, 11) is 0. The summed E-state index contributed by atoms with van der Waals surface area (Å²) in [6, 6.07) is 4.58. The fraction of sp³-hybridized carbons (Fsp3) is 0.462. The Kier molecular flexibility index (Phi) is 4.56. The highest BCUT2D eigenvalue weighted by atomic mass is 19.4. The van der Waals surface area contributed by atoms with Crippen molar-refractivity contribution in [3.8, 4) is 5.75 Å². The number of hydrogen-bond acceptors (Lipinski definition) is 3. The number of benzene rings is 1. The number of carbonyl (C=O) groups is 1. The van der Waals surface area contributed by atoms with Gasteiger partial charge in [-0.3, -0.25) is 0 Å². The molecule has 8 heteroatoms. The van der Waals surface area contributed by atoms with Crippen LogP contribution in [-0.2, 0) is 0 Å². The van der Waals surface area contributed by atoms with E-state index < -0.39 is 6.36 Å². The van der Waals surface area contributed by atoms with Gasteiger partial charge in [-0.2, -0.15) is 0 Å². The molecule has 0 radical (unpaired) electrons. The van der Waals surface area contributed by atoms with E-state index in [1.165, 1.54) is 12.1 Å². The van der Waals surface area contributed by atoms with Crippen LogP contribution < -0.4 is 10.1 Å². The molecule has 0 bridgehead atoms. The predicted molar refractivity (Wildman–Crippen MR) is 69.0 cm³/mol. The second kappa shape index (κ2) is 6.21. The van der Waals surface area contributed by atoms with Gasteiger partial charge in [0.15, 0.2) is 0 Å². The zero-order chi connectivity index (χ0) is 15.5. The molecular formula is C13H15F3N2O3. The van der Waals surface area contributed by atoms with E-state index in [2.05, 4.69) is 10.1 Å². The van der Waals surface area contributed by atoms with Gasteiger partial charge in [-0.25, -0.2) is 4.79 Å². The number of aliphatic hydroxyl groups is 1. The van der Waals surface area contributed by atoms with Crippen LogP contribution in [0.2, 0.25) is 0 Å². The third-order valence-electron chi connectivity index (χ3n) is 3.09. The number of anilines is 1. The number of hydrogen-bond donors (Lipinski definition) is 2. The highest BCUT2D eigenvalue weighted by Crippen LogP contribution is 2.24. The van der Waals surface area contributed by atoms with Crippen molar-refractivity contribution in [2.45, 2.75) is 25.3 Å². The number of nitrogens with zero attached hydrogens (tertiary/aromatic N) is 1. The van der Waals surface area contributed by atoms with E-state index in [0.717, 1.165) is 12.1 Å². The Morgan fingerprint density at radius 3 is 2.33 bits per heavy atom. The molecule has 1 aromatic rings. The topological polar surface area (TPSA) is 61.8 Å². The molecule has 1 saturated heterocycles. The molecule has 0 unspecified atom stereocenters. The standard InChI is InChI=1S/C13H15F3N2O3/c14-13(15,16)21-11-3-1-9(2-4-11)17-12(20)18-7-5-10(19)6-8-18/h1-4,10,19H,5-8H2,(H,17,20). The molecule has 2 amide bonds. The quantitative estimate of drug-likeness (QED) is 0.883. The molecule has 0 atom stereocenters. The van der Waals surface area contributed by atoms with Gasteiger partial charge in [0.25, 0.3) is 0 Å². The van der Waals surface area contributed by atoms with Gasteiger partial charge in [-0.05, 0) is 37.1 Å². The summed E-state index contributed by atoms with van der Waals surface area (Å²) in [6.07, 6.45) is -4.08. The summed E-state index contributed by atoms with van der Waals surface area (Å²) in [6.45, 7) is 0.893. The van der Waals surface area contributed by atoms with Gasteiger partial charge in [0.05, 0.1) is 6.10 Å². The Morgan fingerprint density at radius 1 is 1.24 bits per heavy atom. The summed E-state index contributed by atoms with van der Waals surface area (Å²) in [4.78, 5) is 13.5. The fourth-order valence-electron chi connectivity index (χ4n) is 2.01. The molecule has 1 heterocycles. The van der Waals surface area contributed by atoms with Crippen molar-refractivity contribution in [3.63, 3.8) is 0 Å². The molecule has 2 rings (SSSR count). The molecule has 0 aromatic heterocycles. The summed E-state index contributed by atoms with van der Waals surface area (Å²) in [5, 5.41) is 11.9. The molecule has 1 aromatic carbocycles. The Bertz CT molecular complexity index is 482. The SMILES string of the molecule is O=C(Nc1ccc(OC(F)(F)F)cc1)N1CCC(O)CC1. The second-order valence-corrected chi connectivity index (χ2v) is 4.72. The highest BCUT2D eigenvalue weighted by molar-refractivity contribution is 5.89. The van der Waals surface area contributed by atoms with Crippen molar-refractivity contribution in [2.75, 3.05) is 18.4 Å². The Morgan fingerprint density at radius 2 is 1.81 bits per heavy atom. The number of carbonyl (C=O) groups excluding carboxylic acids is 1. The average Bonchev–Trinajstić information content (AvgIpc) is 2.40. The number of alkyl halides is 3. The van der Waals surface area contributed by atoms with Crippen LogP contribution in [0, 0.1) is 0 Å². The van der Waals surface area contributed by atoms with Crippen LogP contribution in [0.5, 0.6) is 5.75 Å². The van der Waals surface area contributed by atoms with Crippen LogP contribution in [0.3, 0.4) is 0 Å². The van der Waals surface area contributed by atoms with Crippen molar-refractivity contribution in [2.24, 2.45) is 0 Å². The third-order valence-corrected chi connectivity index (χ3v) is 3.09. The summed E-state index contributed by atoms with van der Waals surface area (Å²) >= 11 is 0. The predicted octanol–water partition coefficient (Wildman–Crippen LogP) is 2.57. The number of urea groups is 1. The summed E-state index contributed by atoms with van der Waals surface area (Å²) in [5.41, 5.74) is 0.376. The third kappa shape index (κ3) is 4.82. The van der Waals surface area contributed by atoms with Crippen LogP contribution >= 0.6 is 0 Å². The number of nitrogens with one attached hydrogen (secondary N) is 1. The van der Waals surface area contributed by atoms with Crippen molar-refractivity contribution in [1.82, 2.24) is 4.90 Å². The Labute approximate surface area is 119 Å². The summed E-state index contributed by atoms with van der Waals surface area (Å²) < 4.78 is 39.8. The lowest BCUT2D eigenvalue weighted by atomic mass is 10.1. The van der Waals surface area contributed by atoms with Crippen molar-refractivity contribution < 1.29 is 27.8 Å². The first-order valence-electron chi connectivity index (χ1n) is 6.43. The van der Waals surface area contributed by atoms with E-state index in [9.17, 15) is 23.1 Å². The van der Waals surface area contributed by atoms with Crippen LogP contribution in [-0.4, -0.2) is 41.6 Å². The molecule has 1 aliphatic heterocycles. The van der Waals surface area contributed by atoms with E-state index >= 15 is 0 Å². The maximum atomic E-state index is 12.0. The van der Waals surface area contributed by atoms with Gasteiger partial charge in [0.1, 0.15) is 5.75 Å². The van der Waals surface area contributed by atoms with E-state index in [4.69, 9.17) is 0 Å². The minimum absolute atomic E-state index is 0.341. The largest absolute Gasteiger partial charge is 0.573 e. The molecule has 0 saturated carbocycles. The molecule has 0 spiro atoms. The number of likely N-dealkylation sites (tertiary alicyclic amines) is 1. The second-order valence-electron chi connectivity index (χ2n) is 4.72. The number of piperidine rings is 1. The maximum Gasteiger partial charge on any atom is 0.573 e. The lowest BCUT2D eigenvalue weighted by Gasteiger charge is -2.29. The normalized spacial score (nSPS) is 16.7. The fourth-order valence-corrected chi connectivity index (χ4v) is 2.01. The average molecular weight is 304 g/mol. The molecule has 116 valence electrons. The van der Waals surface area contributed by atoms with Gasteiger partial charge < -0.3 is 20.1 Å². The summed E-state index contributed by atoms with van der Waals surface area (Å²) in [5.74, 6) is -0.346. The van der Waals surface area contributed by atoms with E-state index in [-0.39, 0.29) is 17.9 Å². The van der Waals surface area contributed by atoms with Crippen LogP contribution in [0.4, 0.5) is 23.7 Å². The van der Waals surface area contributed by atoms with Crippen LogP contribution in [0.25, 0.3) is 0 Å². The highest BCUT2D eigenvalue weighted by Gasteiger charge is 2.31. The molecule has 1 fully saturated rings. The van der Waals surface area contributed by atoms with Crippen molar-refractivity contribution in [1.29, 1.82) is 0 Å². The van der Waals surface area contributed by atoms with Crippen molar-refractivity contribution >= 4 is 11.7 Å². The smallest absolute Gasteiger partial charge is 0.406 e. The van der Waals surface area contributed by atoms with Gasteiger partial charge >= 0.3 is 12.4 Å². The molecule has 2 N–H and O–H groups in total. The number of amides is 2. The number of ether oxygens (including phenoxy) is 1. The van der Waals surface area contributed by atoms with Gasteiger partial charge in [-0.1, -0.05) is 0 Å². The molecule has 5 nitrogen and oxygen atoms in total.